The predicted molar refractivity (Wildman–Crippen MR) is 117 cm³/mol. The third-order valence-electron chi connectivity index (χ3n) is 4.16. The number of para-hydroxylation sites is 1. The molecule has 0 aliphatic carbocycles. The molecule has 0 fully saturated rings. The van der Waals surface area contributed by atoms with Crippen LogP contribution >= 0.6 is 27.3 Å². The molecule has 0 atom stereocenters. The van der Waals surface area contributed by atoms with Gasteiger partial charge in [0, 0.05) is 15.5 Å². The number of aromatic nitrogens is 3. The minimum absolute atomic E-state index is 0.241. The van der Waals surface area contributed by atoms with E-state index in [9.17, 15) is 4.79 Å². The van der Waals surface area contributed by atoms with Gasteiger partial charge in [-0.2, -0.15) is 4.99 Å². The van der Waals surface area contributed by atoms with Gasteiger partial charge in [-0.15, -0.1) is 11.3 Å². The first-order valence-electron chi connectivity index (χ1n) is 8.94. The van der Waals surface area contributed by atoms with Crippen LogP contribution in [-0.4, -0.2) is 27.1 Å². The smallest absolute Gasteiger partial charge is 0.358 e. The summed E-state index contributed by atoms with van der Waals surface area (Å²) in [5.41, 5.74) is 3.27. The average Bonchev–Trinajstić information content (AvgIpc) is 3.37. The van der Waals surface area contributed by atoms with Crippen molar-refractivity contribution >= 4 is 39.1 Å². The van der Waals surface area contributed by atoms with Crippen molar-refractivity contribution in [1.29, 1.82) is 0 Å². The lowest BCUT2D eigenvalue weighted by Gasteiger charge is -2.09. The fraction of sp³-hybridized carbons (Fsp3) is 0.0952. The van der Waals surface area contributed by atoms with Crippen molar-refractivity contribution in [3.8, 4) is 16.9 Å². The van der Waals surface area contributed by atoms with E-state index < -0.39 is 5.97 Å². The molecule has 8 heteroatoms. The molecule has 0 aliphatic heterocycles. The number of carbonyl (C=O) groups excluding carboxylic acids is 1. The van der Waals surface area contributed by atoms with E-state index in [0.29, 0.717) is 10.6 Å². The zero-order chi connectivity index (χ0) is 20.2. The Kier molecular flexibility index (Phi) is 5.73. The van der Waals surface area contributed by atoms with Crippen LogP contribution in [0.5, 0.6) is 0 Å². The third-order valence-corrected chi connectivity index (χ3v) is 5.52. The summed E-state index contributed by atoms with van der Waals surface area (Å²) in [7, 11) is 0. The Morgan fingerprint density at radius 2 is 1.97 bits per heavy atom. The van der Waals surface area contributed by atoms with E-state index in [1.165, 1.54) is 17.7 Å². The van der Waals surface area contributed by atoms with Gasteiger partial charge >= 0.3 is 5.97 Å². The summed E-state index contributed by atoms with van der Waals surface area (Å²) in [4.78, 5) is 24.6. The van der Waals surface area contributed by atoms with E-state index in [1.807, 2.05) is 60.0 Å². The van der Waals surface area contributed by atoms with Crippen molar-refractivity contribution in [1.82, 2.24) is 14.5 Å². The first-order chi connectivity index (χ1) is 14.2. The molecule has 0 amide bonds. The highest BCUT2D eigenvalue weighted by Crippen LogP contribution is 2.25. The zero-order valence-electron chi connectivity index (χ0n) is 15.5. The second kappa shape index (κ2) is 8.59. The summed E-state index contributed by atoms with van der Waals surface area (Å²) in [6, 6.07) is 18.1. The number of nitrogens with zero attached hydrogens (tertiary/aromatic N) is 3. The van der Waals surface area contributed by atoms with Crippen LogP contribution < -0.4 is 4.80 Å². The van der Waals surface area contributed by atoms with Crippen LogP contribution in [0.25, 0.3) is 16.9 Å². The third kappa shape index (κ3) is 4.08. The highest BCUT2D eigenvalue weighted by Gasteiger charge is 2.16. The molecular weight excluding hydrogens is 452 g/mol. The lowest BCUT2D eigenvalue weighted by molar-refractivity contribution is 0.0521. The number of nitrogens with one attached hydrogen (secondary N) is 1. The number of imidazole rings is 1. The lowest BCUT2D eigenvalue weighted by Crippen LogP contribution is -2.14. The minimum Gasteiger partial charge on any atom is -0.461 e. The normalized spacial score (nSPS) is 11.6. The quantitative estimate of drug-likeness (QED) is 0.414. The first kappa shape index (κ1) is 19.4. The van der Waals surface area contributed by atoms with Crippen molar-refractivity contribution in [2.75, 3.05) is 6.61 Å². The van der Waals surface area contributed by atoms with Crippen LogP contribution in [0.4, 0.5) is 5.82 Å². The Morgan fingerprint density at radius 1 is 1.21 bits per heavy atom. The van der Waals surface area contributed by atoms with Gasteiger partial charge in [-0.1, -0.05) is 46.3 Å². The van der Waals surface area contributed by atoms with Crippen LogP contribution in [0.15, 0.2) is 75.8 Å². The summed E-state index contributed by atoms with van der Waals surface area (Å²) in [6.07, 6.45) is 1.45. The number of aromatic amines is 1. The average molecular weight is 469 g/mol. The number of esters is 1. The fourth-order valence-electron chi connectivity index (χ4n) is 2.85. The maximum absolute atomic E-state index is 12.2. The fourth-order valence-corrected chi connectivity index (χ4v) is 4.02. The maximum atomic E-state index is 12.2. The number of H-pyrrole nitrogens is 1. The summed E-state index contributed by atoms with van der Waals surface area (Å²) < 4.78 is 8.16. The summed E-state index contributed by atoms with van der Waals surface area (Å²) in [5, 5.41) is 2.05. The number of hydrogen-bond donors (Lipinski definition) is 1. The van der Waals surface area contributed by atoms with E-state index in [-0.39, 0.29) is 12.3 Å². The lowest BCUT2D eigenvalue weighted by atomic mass is 10.1. The number of ether oxygens (including phenoxy) is 1. The zero-order valence-corrected chi connectivity index (χ0v) is 17.9. The molecule has 0 saturated heterocycles. The number of benzene rings is 2. The first-order valence-corrected chi connectivity index (χ1v) is 10.6. The molecular formula is C21H17BrN4O2S. The highest BCUT2D eigenvalue weighted by molar-refractivity contribution is 9.10. The Morgan fingerprint density at radius 3 is 2.69 bits per heavy atom. The number of carbonyl (C=O) groups is 1. The molecule has 0 saturated carbocycles. The van der Waals surface area contributed by atoms with Crippen LogP contribution in [0.2, 0.25) is 0 Å². The van der Waals surface area contributed by atoms with Crippen LogP contribution in [0.1, 0.15) is 17.4 Å². The molecule has 0 radical (unpaired) electrons. The van der Waals surface area contributed by atoms with Crippen molar-refractivity contribution in [2.24, 2.45) is 4.99 Å². The second-order valence-electron chi connectivity index (χ2n) is 6.01. The number of halogens is 1. The topological polar surface area (TPSA) is 72.3 Å². The molecule has 0 bridgehead atoms. The van der Waals surface area contributed by atoms with Gasteiger partial charge < -0.3 is 9.72 Å². The summed E-state index contributed by atoms with van der Waals surface area (Å²) in [6.45, 7) is 2.05. The Labute approximate surface area is 179 Å². The molecule has 29 heavy (non-hydrogen) atoms. The maximum Gasteiger partial charge on any atom is 0.358 e. The monoisotopic (exact) mass is 468 g/mol. The molecule has 0 aliphatic rings. The van der Waals surface area contributed by atoms with E-state index in [1.54, 1.807) is 6.92 Å². The Hall–Kier alpha value is -2.97. The van der Waals surface area contributed by atoms with Crippen LogP contribution in [0, 0.1) is 0 Å². The van der Waals surface area contributed by atoms with Crippen LogP contribution in [0.3, 0.4) is 0 Å². The SMILES string of the molecule is CCOC(=O)c1[nH]cnc1N=c1scc(-c2ccc(Br)cc2)n1-c1ccccc1. The van der Waals surface area contributed by atoms with Gasteiger partial charge in [-0.05, 0) is 36.8 Å². The molecule has 4 aromatic rings. The second-order valence-corrected chi connectivity index (χ2v) is 7.77. The Bertz CT molecular complexity index is 1190. The molecule has 4 rings (SSSR count). The molecule has 2 aromatic heterocycles. The molecule has 2 aromatic carbocycles. The van der Waals surface area contributed by atoms with E-state index >= 15 is 0 Å². The standard InChI is InChI=1S/C21H17BrN4O2S/c1-2-28-20(27)18-19(24-13-23-18)25-21-26(16-6-4-3-5-7-16)17(12-29-21)14-8-10-15(22)11-9-14/h3-13H,2H2,1H3,(H,23,24). The number of thiazole rings is 1. The number of rotatable bonds is 5. The van der Waals surface area contributed by atoms with E-state index in [2.05, 4.69) is 35.5 Å². The van der Waals surface area contributed by atoms with Gasteiger partial charge in [0.15, 0.2) is 16.3 Å². The highest BCUT2D eigenvalue weighted by atomic mass is 79.9. The van der Waals surface area contributed by atoms with Gasteiger partial charge in [0.25, 0.3) is 0 Å². The van der Waals surface area contributed by atoms with Gasteiger partial charge in [-0.25, -0.2) is 9.78 Å². The molecule has 6 nitrogen and oxygen atoms in total. The van der Waals surface area contributed by atoms with E-state index in [4.69, 9.17) is 4.74 Å². The number of hydrogen-bond acceptors (Lipinski definition) is 5. The minimum atomic E-state index is -0.472. The molecule has 146 valence electrons. The van der Waals surface area contributed by atoms with Gasteiger partial charge in [0.2, 0.25) is 0 Å². The molecule has 1 N–H and O–H groups in total. The van der Waals surface area contributed by atoms with Gasteiger partial charge in [0.05, 0.1) is 18.6 Å². The largest absolute Gasteiger partial charge is 0.461 e. The summed E-state index contributed by atoms with van der Waals surface area (Å²) in [5.74, 6) is -0.169. The molecule has 0 spiro atoms. The van der Waals surface area contributed by atoms with Crippen molar-refractivity contribution in [3.05, 3.63) is 81.3 Å². The molecule has 2 heterocycles. The van der Waals surface area contributed by atoms with Gasteiger partial charge in [0.1, 0.15) is 0 Å². The Balaban J connectivity index is 1.89. The van der Waals surface area contributed by atoms with Gasteiger partial charge in [-0.3, -0.25) is 4.57 Å². The molecule has 0 unspecified atom stereocenters. The van der Waals surface area contributed by atoms with Crippen molar-refractivity contribution in [2.45, 2.75) is 6.92 Å². The predicted octanol–water partition coefficient (Wildman–Crippen LogP) is 5.10. The van der Waals surface area contributed by atoms with E-state index in [0.717, 1.165) is 21.4 Å². The van der Waals surface area contributed by atoms with Crippen molar-refractivity contribution in [3.63, 3.8) is 0 Å². The van der Waals surface area contributed by atoms with Crippen LogP contribution in [-0.2, 0) is 4.74 Å². The summed E-state index contributed by atoms with van der Waals surface area (Å²) >= 11 is 4.96. The van der Waals surface area contributed by atoms with Crippen molar-refractivity contribution < 1.29 is 9.53 Å².